The van der Waals surface area contributed by atoms with Crippen LogP contribution in [-0.2, 0) is 17.8 Å². The summed E-state index contributed by atoms with van der Waals surface area (Å²) in [6, 6.07) is 7.98. The van der Waals surface area contributed by atoms with Gasteiger partial charge in [0.05, 0.1) is 11.0 Å². The van der Waals surface area contributed by atoms with Crippen LogP contribution in [0.15, 0.2) is 35.9 Å². The molecule has 106 valence electrons. The number of allylic oxidation sites excluding steroid dienone is 1. The Kier molecular flexibility index (Phi) is 4.56. The van der Waals surface area contributed by atoms with E-state index in [1.54, 1.807) is 6.08 Å². The maximum Gasteiger partial charge on any atom is 0.331 e. The minimum atomic E-state index is -0.839. The van der Waals surface area contributed by atoms with Crippen LogP contribution in [0.25, 0.3) is 11.0 Å². The van der Waals surface area contributed by atoms with Crippen molar-refractivity contribution in [2.24, 2.45) is 0 Å². The molecule has 0 saturated carbocycles. The first-order chi connectivity index (χ1) is 9.67. The van der Waals surface area contributed by atoms with Gasteiger partial charge in [-0.2, -0.15) is 0 Å². The highest BCUT2D eigenvalue weighted by Gasteiger charge is 2.10. The molecule has 1 aromatic heterocycles. The number of aryl methyl sites for hydroxylation is 1. The Hall–Kier alpha value is -2.10. The van der Waals surface area contributed by atoms with Crippen LogP contribution in [0, 0.1) is 0 Å². The Bertz CT molecular complexity index is 641. The summed E-state index contributed by atoms with van der Waals surface area (Å²) in [4.78, 5) is 15.7. The molecule has 0 aliphatic heterocycles. The van der Waals surface area contributed by atoms with E-state index in [0.29, 0.717) is 18.5 Å². The van der Waals surface area contributed by atoms with E-state index in [1.165, 1.54) is 0 Å². The van der Waals surface area contributed by atoms with E-state index in [4.69, 9.17) is 5.11 Å². The minimum absolute atomic E-state index is 0.449. The summed E-state index contributed by atoms with van der Waals surface area (Å²) in [7, 11) is 0. The fourth-order valence-corrected chi connectivity index (χ4v) is 2.33. The fraction of sp³-hybridized carbons (Fsp3) is 0.375. The lowest BCUT2D eigenvalue weighted by molar-refractivity contribution is -0.132. The number of aromatic nitrogens is 2. The van der Waals surface area contributed by atoms with Gasteiger partial charge in [0, 0.05) is 18.5 Å². The van der Waals surface area contributed by atoms with Gasteiger partial charge in [-0.25, -0.2) is 9.78 Å². The molecule has 4 heteroatoms. The Morgan fingerprint density at radius 3 is 2.75 bits per heavy atom. The van der Waals surface area contributed by atoms with Crippen molar-refractivity contribution < 1.29 is 9.90 Å². The lowest BCUT2D eigenvalue weighted by atomic mass is 10.2. The molecule has 0 saturated heterocycles. The zero-order valence-corrected chi connectivity index (χ0v) is 12.0. The van der Waals surface area contributed by atoms with E-state index in [1.807, 2.05) is 31.2 Å². The van der Waals surface area contributed by atoms with Gasteiger partial charge in [-0.1, -0.05) is 32.1 Å². The molecule has 0 bridgehead atoms. The van der Waals surface area contributed by atoms with Crippen LogP contribution in [0.3, 0.4) is 0 Å². The second-order valence-corrected chi connectivity index (χ2v) is 4.77. The minimum Gasteiger partial charge on any atom is -0.478 e. The number of nitrogens with zero attached hydrogens (tertiary/aromatic N) is 2. The number of hydrogen-bond acceptors (Lipinski definition) is 2. The van der Waals surface area contributed by atoms with Gasteiger partial charge < -0.3 is 9.67 Å². The number of aliphatic carboxylic acids is 1. The molecule has 0 unspecified atom stereocenters. The van der Waals surface area contributed by atoms with Crippen molar-refractivity contribution in [3.05, 3.63) is 41.7 Å². The lowest BCUT2D eigenvalue weighted by Gasteiger charge is -2.06. The predicted molar refractivity (Wildman–Crippen MR) is 79.7 cm³/mol. The van der Waals surface area contributed by atoms with Crippen molar-refractivity contribution in [3.8, 4) is 0 Å². The number of benzene rings is 1. The number of rotatable bonds is 6. The maximum atomic E-state index is 11.1. The van der Waals surface area contributed by atoms with Gasteiger partial charge in [0.25, 0.3) is 0 Å². The van der Waals surface area contributed by atoms with Crippen LogP contribution in [-0.4, -0.2) is 20.6 Å². The maximum absolute atomic E-state index is 11.1. The van der Waals surface area contributed by atoms with E-state index < -0.39 is 5.97 Å². The van der Waals surface area contributed by atoms with Gasteiger partial charge in [0.15, 0.2) is 0 Å². The summed E-state index contributed by atoms with van der Waals surface area (Å²) in [5.41, 5.74) is 2.48. The van der Waals surface area contributed by atoms with Gasteiger partial charge in [0.1, 0.15) is 5.82 Å². The average Bonchev–Trinajstić information content (AvgIpc) is 2.77. The molecule has 1 aromatic carbocycles. The van der Waals surface area contributed by atoms with Crippen LogP contribution in [0.2, 0.25) is 0 Å². The second kappa shape index (κ2) is 6.37. The first-order valence-corrected chi connectivity index (χ1v) is 7.03. The van der Waals surface area contributed by atoms with Crippen molar-refractivity contribution in [2.45, 2.75) is 39.7 Å². The fourth-order valence-electron chi connectivity index (χ4n) is 2.33. The van der Waals surface area contributed by atoms with Gasteiger partial charge in [-0.15, -0.1) is 0 Å². The molecule has 1 N–H and O–H groups in total. The smallest absolute Gasteiger partial charge is 0.331 e. The Morgan fingerprint density at radius 2 is 2.10 bits per heavy atom. The normalized spacial score (nSPS) is 12.0. The number of carboxylic acids is 1. The number of hydrogen-bond donors (Lipinski definition) is 1. The van der Waals surface area contributed by atoms with Crippen molar-refractivity contribution in [3.63, 3.8) is 0 Å². The third-order valence-electron chi connectivity index (χ3n) is 3.38. The molecule has 0 amide bonds. The highest BCUT2D eigenvalue weighted by Crippen LogP contribution is 2.17. The topological polar surface area (TPSA) is 55.1 Å². The Balaban J connectivity index is 2.41. The first kappa shape index (κ1) is 14.3. The highest BCUT2D eigenvalue weighted by atomic mass is 16.4. The Labute approximate surface area is 118 Å². The molecule has 0 aliphatic rings. The van der Waals surface area contributed by atoms with Crippen molar-refractivity contribution >= 4 is 17.0 Å². The number of fused-ring (bicyclic) bond motifs is 1. The highest BCUT2D eigenvalue weighted by molar-refractivity contribution is 5.86. The first-order valence-electron chi connectivity index (χ1n) is 7.03. The summed E-state index contributed by atoms with van der Waals surface area (Å²) >= 11 is 0. The van der Waals surface area contributed by atoms with Crippen LogP contribution in [0.5, 0.6) is 0 Å². The summed E-state index contributed by atoms with van der Waals surface area (Å²) in [5.74, 6) is 0.180. The zero-order chi connectivity index (χ0) is 14.5. The number of para-hydroxylation sites is 2. The van der Waals surface area contributed by atoms with Gasteiger partial charge in [-0.05, 0) is 25.0 Å². The zero-order valence-electron chi connectivity index (χ0n) is 12.0. The Morgan fingerprint density at radius 1 is 1.35 bits per heavy atom. The second-order valence-electron chi connectivity index (χ2n) is 4.77. The molecule has 4 nitrogen and oxygen atoms in total. The quantitative estimate of drug-likeness (QED) is 0.820. The molecule has 2 aromatic rings. The summed E-state index contributed by atoms with van der Waals surface area (Å²) in [6.45, 7) is 4.54. The molecule has 0 atom stereocenters. The predicted octanol–water partition coefficient (Wildman–Crippen LogP) is 3.41. The van der Waals surface area contributed by atoms with Crippen LogP contribution in [0.1, 0.15) is 32.5 Å². The molecule has 0 aliphatic carbocycles. The number of carboxylic acid groups (broad SMARTS) is 1. The number of imidazole rings is 1. The third-order valence-corrected chi connectivity index (χ3v) is 3.38. The van der Waals surface area contributed by atoms with E-state index in [2.05, 4.69) is 16.5 Å². The lowest BCUT2D eigenvalue weighted by Crippen LogP contribution is -2.05. The molecule has 0 fully saturated rings. The largest absolute Gasteiger partial charge is 0.478 e. The monoisotopic (exact) mass is 272 g/mol. The van der Waals surface area contributed by atoms with Crippen LogP contribution < -0.4 is 0 Å². The van der Waals surface area contributed by atoms with E-state index in [9.17, 15) is 4.79 Å². The summed E-state index contributed by atoms with van der Waals surface area (Å²) < 4.78 is 2.11. The molecular weight excluding hydrogens is 252 g/mol. The van der Waals surface area contributed by atoms with Gasteiger partial charge >= 0.3 is 5.97 Å². The third kappa shape index (κ3) is 2.90. The molecule has 20 heavy (non-hydrogen) atoms. The molecule has 0 spiro atoms. The van der Waals surface area contributed by atoms with Crippen molar-refractivity contribution in [2.75, 3.05) is 0 Å². The van der Waals surface area contributed by atoms with E-state index in [0.717, 1.165) is 29.7 Å². The van der Waals surface area contributed by atoms with Gasteiger partial charge in [-0.3, -0.25) is 0 Å². The van der Waals surface area contributed by atoms with E-state index >= 15 is 0 Å². The summed E-state index contributed by atoms with van der Waals surface area (Å²) in [6.07, 6.45) is 4.24. The molecule has 2 rings (SSSR count). The SMILES string of the molecule is CCCc1nc2ccccc2n1C/C=C(/CC)C(=O)O. The van der Waals surface area contributed by atoms with Crippen molar-refractivity contribution in [1.29, 1.82) is 0 Å². The summed E-state index contributed by atoms with van der Waals surface area (Å²) in [5, 5.41) is 9.09. The van der Waals surface area contributed by atoms with Crippen LogP contribution >= 0.6 is 0 Å². The average molecular weight is 272 g/mol. The van der Waals surface area contributed by atoms with E-state index in [-0.39, 0.29) is 0 Å². The number of carbonyl (C=O) groups is 1. The van der Waals surface area contributed by atoms with Crippen LogP contribution in [0.4, 0.5) is 0 Å². The molecule has 1 heterocycles. The standard InChI is InChI=1S/C16H20N2O2/c1-3-7-15-17-13-8-5-6-9-14(13)18(15)11-10-12(4-2)16(19)20/h5-6,8-10H,3-4,7,11H2,1-2H3,(H,19,20)/b12-10-. The molecule has 0 radical (unpaired) electrons. The van der Waals surface area contributed by atoms with Crippen molar-refractivity contribution in [1.82, 2.24) is 9.55 Å². The molecular formula is C16H20N2O2. The van der Waals surface area contributed by atoms with Gasteiger partial charge in [0.2, 0.25) is 0 Å².